The fraction of sp³-hybridized carbons (Fsp3) is 0.464. The van der Waals surface area contributed by atoms with Crippen LogP contribution in [0.2, 0.25) is 5.02 Å². The highest BCUT2D eigenvalue weighted by molar-refractivity contribution is 6.30. The second-order valence-electron chi connectivity index (χ2n) is 10.2. The number of fused-ring (bicyclic) bond motifs is 3. The first kappa shape index (κ1) is 23.3. The molecule has 0 radical (unpaired) electrons. The van der Waals surface area contributed by atoms with Gasteiger partial charge in [-0.2, -0.15) is 0 Å². The SMILES string of the molecule is C=CC[C@H](O)[C@@H]1CC[C@H]1CN1CC2(CCCc3cc(Cl)ccc32)COc2ccc(C(=O)O)cc21. The number of aliphatic hydroxyl groups is 1. The topological polar surface area (TPSA) is 70.0 Å². The third kappa shape index (κ3) is 4.20. The summed E-state index contributed by atoms with van der Waals surface area (Å²) in [5.41, 5.74) is 3.47. The van der Waals surface area contributed by atoms with Crippen LogP contribution < -0.4 is 9.64 Å². The van der Waals surface area contributed by atoms with Gasteiger partial charge in [0.15, 0.2) is 0 Å². The first-order valence-corrected chi connectivity index (χ1v) is 12.6. The molecule has 6 heteroatoms. The summed E-state index contributed by atoms with van der Waals surface area (Å²) in [7, 11) is 0. The molecule has 180 valence electrons. The number of anilines is 1. The van der Waals surface area contributed by atoms with E-state index in [0.29, 0.717) is 18.9 Å². The highest BCUT2D eigenvalue weighted by Gasteiger charge is 2.44. The summed E-state index contributed by atoms with van der Waals surface area (Å²) in [5, 5.41) is 21.0. The second-order valence-corrected chi connectivity index (χ2v) is 10.6. The number of halogens is 1. The summed E-state index contributed by atoms with van der Waals surface area (Å²) in [4.78, 5) is 14.1. The van der Waals surface area contributed by atoms with Crippen LogP contribution in [-0.2, 0) is 11.8 Å². The molecule has 1 saturated carbocycles. The third-order valence-corrected chi connectivity index (χ3v) is 8.35. The molecule has 2 N–H and O–H groups in total. The molecule has 1 unspecified atom stereocenters. The van der Waals surface area contributed by atoms with Crippen LogP contribution in [0.15, 0.2) is 49.1 Å². The molecule has 2 aromatic rings. The van der Waals surface area contributed by atoms with Crippen LogP contribution in [0.4, 0.5) is 5.69 Å². The molecule has 1 fully saturated rings. The number of nitrogens with zero attached hydrogens (tertiary/aromatic N) is 1. The van der Waals surface area contributed by atoms with Crippen LogP contribution in [0.5, 0.6) is 5.75 Å². The van der Waals surface area contributed by atoms with Gasteiger partial charge in [0, 0.05) is 23.5 Å². The number of carboxylic acids is 1. The zero-order chi connectivity index (χ0) is 23.9. The largest absolute Gasteiger partial charge is 0.490 e. The van der Waals surface area contributed by atoms with E-state index in [0.717, 1.165) is 61.7 Å². The monoisotopic (exact) mass is 481 g/mol. The van der Waals surface area contributed by atoms with Crippen molar-refractivity contribution in [3.63, 3.8) is 0 Å². The molecular weight excluding hydrogens is 450 g/mol. The van der Waals surface area contributed by atoms with Crippen LogP contribution in [0, 0.1) is 11.8 Å². The van der Waals surface area contributed by atoms with Crippen LogP contribution >= 0.6 is 11.6 Å². The van der Waals surface area contributed by atoms with E-state index in [1.807, 2.05) is 6.07 Å². The first-order chi connectivity index (χ1) is 16.4. The highest BCUT2D eigenvalue weighted by Crippen LogP contribution is 2.46. The molecule has 0 saturated heterocycles. The van der Waals surface area contributed by atoms with Crippen molar-refractivity contribution in [2.75, 3.05) is 24.6 Å². The number of hydrogen-bond donors (Lipinski definition) is 2. The first-order valence-electron chi connectivity index (χ1n) is 12.2. The fourth-order valence-corrected chi connectivity index (χ4v) is 6.40. The fourth-order valence-electron chi connectivity index (χ4n) is 6.20. The van der Waals surface area contributed by atoms with Gasteiger partial charge in [0.1, 0.15) is 5.75 Å². The minimum Gasteiger partial charge on any atom is -0.490 e. The Hall–Kier alpha value is -2.50. The van der Waals surface area contributed by atoms with Crippen LogP contribution in [-0.4, -0.2) is 42.0 Å². The van der Waals surface area contributed by atoms with E-state index in [-0.39, 0.29) is 23.0 Å². The van der Waals surface area contributed by atoms with Crippen LogP contribution in [0.1, 0.15) is 53.6 Å². The Morgan fingerprint density at radius 1 is 1.29 bits per heavy atom. The average molecular weight is 482 g/mol. The molecule has 0 bridgehead atoms. The van der Waals surface area contributed by atoms with Gasteiger partial charge in [-0.05, 0) is 91.8 Å². The number of ether oxygens (including phenoxy) is 1. The van der Waals surface area contributed by atoms with Crippen molar-refractivity contribution in [2.24, 2.45) is 11.8 Å². The molecule has 34 heavy (non-hydrogen) atoms. The van der Waals surface area contributed by atoms with Gasteiger partial charge in [-0.25, -0.2) is 4.79 Å². The van der Waals surface area contributed by atoms with Gasteiger partial charge in [0.05, 0.1) is 24.0 Å². The molecule has 1 aliphatic heterocycles. The third-order valence-electron chi connectivity index (χ3n) is 8.12. The van der Waals surface area contributed by atoms with E-state index in [9.17, 15) is 15.0 Å². The molecule has 4 atom stereocenters. The van der Waals surface area contributed by atoms with Crippen molar-refractivity contribution in [3.05, 3.63) is 70.8 Å². The summed E-state index contributed by atoms with van der Waals surface area (Å²) in [6.07, 6.45) is 7.15. The normalized spacial score (nSPS) is 26.5. The number of hydrogen-bond acceptors (Lipinski definition) is 4. The zero-order valence-electron chi connectivity index (χ0n) is 19.4. The maximum atomic E-state index is 11.8. The summed E-state index contributed by atoms with van der Waals surface area (Å²) >= 11 is 6.32. The highest BCUT2D eigenvalue weighted by atomic mass is 35.5. The van der Waals surface area contributed by atoms with E-state index in [1.165, 1.54) is 11.1 Å². The van der Waals surface area contributed by atoms with Gasteiger partial charge in [0.25, 0.3) is 0 Å². The lowest BCUT2D eigenvalue weighted by Gasteiger charge is -2.45. The molecule has 3 aliphatic rings. The molecule has 0 aromatic heterocycles. The van der Waals surface area contributed by atoms with Crippen molar-refractivity contribution >= 4 is 23.3 Å². The molecular formula is C28H32ClNO4. The Labute approximate surface area is 206 Å². The van der Waals surface area contributed by atoms with Gasteiger partial charge in [-0.3, -0.25) is 0 Å². The lowest BCUT2D eigenvalue weighted by atomic mass is 9.68. The Morgan fingerprint density at radius 3 is 2.88 bits per heavy atom. The lowest BCUT2D eigenvalue weighted by Crippen LogP contribution is -2.49. The molecule has 2 aliphatic carbocycles. The standard InChI is InChI=1S/C28H32ClNO4/c1-2-4-25(31)22-9-6-20(22)15-30-16-28(12-3-5-18-13-21(29)8-10-23(18)28)17-34-26-11-7-19(27(32)33)14-24(26)30/h2,7-8,10-11,13-14,20,22,25,31H,1,3-6,9,12,15-17H2,(H,32,33)/t20-,22+,25-,28?/m0/s1. The summed E-state index contributed by atoms with van der Waals surface area (Å²) in [5.74, 6) is 0.370. The number of carbonyl (C=O) groups is 1. The van der Waals surface area contributed by atoms with Gasteiger partial charge in [0.2, 0.25) is 0 Å². The van der Waals surface area contributed by atoms with E-state index in [1.54, 1.807) is 24.3 Å². The predicted molar refractivity (Wildman–Crippen MR) is 134 cm³/mol. The van der Waals surface area contributed by atoms with Crippen molar-refractivity contribution < 1.29 is 19.7 Å². The zero-order valence-corrected chi connectivity index (χ0v) is 20.1. The summed E-state index contributed by atoms with van der Waals surface area (Å²) in [6.45, 7) is 5.84. The number of benzene rings is 2. The quantitative estimate of drug-likeness (QED) is 0.535. The summed E-state index contributed by atoms with van der Waals surface area (Å²) < 4.78 is 6.41. The summed E-state index contributed by atoms with van der Waals surface area (Å²) in [6, 6.07) is 11.3. The Bertz CT molecular complexity index is 1100. The number of aliphatic hydroxyl groups excluding tert-OH is 1. The molecule has 0 amide bonds. The molecule has 5 rings (SSSR count). The predicted octanol–water partition coefficient (Wildman–Crippen LogP) is 5.47. The van der Waals surface area contributed by atoms with E-state index < -0.39 is 5.97 Å². The van der Waals surface area contributed by atoms with Crippen molar-refractivity contribution in [1.82, 2.24) is 0 Å². The second kappa shape index (κ2) is 9.27. The average Bonchev–Trinajstić information content (AvgIpc) is 2.94. The van der Waals surface area contributed by atoms with Crippen molar-refractivity contribution in [3.8, 4) is 5.75 Å². The van der Waals surface area contributed by atoms with Gasteiger partial charge in [-0.1, -0.05) is 23.7 Å². The molecule has 5 nitrogen and oxygen atoms in total. The number of rotatable bonds is 6. The van der Waals surface area contributed by atoms with Gasteiger partial charge < -0.3 is 19.8 Å². The van der Waals surface area contributed by atoms with E-state index >= 15 is 0 Å². The van der Waals surface area contributed by atoms with Gasteiger partial charge >= 0.3 is 5.97 Å². The number of aryl methyl sites for hydroxylation is 1. The maximum Gasteiger partial charge on any atom is 0.335 e. The Morgan fingerprint density at radius 2 is 2.15 bits per heavy atom. The van der Waals surface area contributed by atoms with E-state index in [4.69, 9.17) is 16.3 Å². The molecule has 1 spiro atoms. The Balaban J connectivity index is 1.52. The van der Waals surface area contributed by atoms with Crippen LogP contribution in [0.3, 0.4) is 0 Å². The smallest absolute Gasteiger partial charge is 0.335 e. The minimum atomic E-state index is -0.942. The van der Waals surface area contributed by atoms with Crippen molar-refractivity contribution in [1.29, 1.82) is 0 Å². The van der Waals surface area contributed by atoms with Crippen molar-refractivity contribution in [2.45, 2.75) is 50.0 Å². The number of aromatic carboxylic acids is 1. The van der Waals surface area contributed by atoms with E-state index in [2.05, 4.69) is 23.6 Å². The maximum absolute atomic E-state index is 11.8. The minimum absolute atomic E-state index is 0.195. The molecule has 1 heterocycles. The lowest BCUT2D eigenvalue weighted by molar-refractivity contribution is 0.0178. The number of carboxylic acid groups (broad SMARTS) is 1. The van der Waals surface area contributed by atoms with Crippen LogP contribution in [0.25, 0.3) is 0 Å². The van der Waals surface area contributed by atoms with Gasteiger partial charge in [-0.15, -0.1) is 6.58 Å². The Kier molecular flexibility index (Phi) is 6.34. The molecule has 2 aromatic carbocycles.